The normalized spacial score (nSPS) is 20.9. The van der Waals surface area contributed by atoms with Gasteiger partial charge in [0.15, 0.2) is 0 Å². The molecule has 1 N–H and O–H groups in total. The van der Waals surface area contributed by atoms with Crippen LogP contribution < -0.4 is 4.74 Å². The van der Waals surface area contributed by atoms with Gasteiger partial charge in [0.25, 0.3) is 5.91 Å². The molecule has 0 unspecified atom stereocenters. The number of piperidine rings is 1. The van der Waals surface area contributed by atoms with Crippen molar-refractivity contribution >= 4 is 11.9 Å². The Morgan fingerprint density at radius 1 is 1.52 bits per heavy atom. The van der Waals surface area contributed by atoms with Crippen molar-refractivity contribution in [2.45, 2.75) is 19.3 Å². The van der Waals surface area contributed by atoms with Crippen LogP contribution in [0, 0.1) is 11.2 Å². The van der Waals surface area contributed by atoms with E-state index in [1.54, 1.807) is 6.08 Å². The number of carbonyl (C=O) groups is 2. The van der Waals surface area contributed by atoms with Crippen molar-refractivity contribution < 1.29 is 23.8 Å². The predicted octanol–water partition coefficient (Wildman–Crippen LogP) is 2.72. The Morgan fingerprint density at radius 2 is 2.26 bits per heavy atom. The lowest BCUT2D eigenvalue weighted by Gasteiger charge is -2.39. The monoisotopic (exact) mass is 321 g/mol. The van der Waals surface area contributed by atoms with E-state index in [-0.39, 0.29) is 24.3 Å². The number of carboxylic acid groups (broad SMARTS) is 1. The molecule has 0 aliphatic carbocycles. The number of allylic oxidation sites excluding steroid dienone is 1. The zero-order valence-electron chi connectivity index (χ0n) is 13.0. The van der Waals surface area contributed by atoms with Gasteiger partial charge >= 0.3 is 5.97 Å². The number of likely N-dealkylation sites (tertiary alicyclic amines) is 1. The summed E-state index contributed by atoms with van der Waals surface area (Å²) < 4.78 is 18.6. The molecule has 0 bridgehead atoms. The first-order chi connectivity index (χ1) is 10.9. The topological polar surface area (TPSA) is 66.8 Å². The average molecular weight is 321 g/mol. The number of halogens is 1. The largest absolute Gasteiger partial charge is 0.496 e. The predicted molar refractivity (Wildman–Crippen MR) is 83.0 cm³/mol. The van der Waals surface area contributed by atoms with Crippen LogP contribution in [-0.4, -0.2) is 42.1 Å². The number of benzene rings is 1. The summed E-state index contributed by atoms with van der Waals surface area (Å²) in [7, 11) is 1.40. The molecule has 23 heavy (non-hydrogen) atoms. The quantitative estimate of drug-likeness (QED) is 0.847. The molecule has 0 spiro atoms. The van der Waals surface area contributed by atoms with E-state index in [4.69, 9.17) is 4.74 Å². The number of ether oxygens (including phenoxy) is 1. The highest BCUT2D eigenvalue weighted by Crippen LogP contribution is 2.35. The number of carbonyl (C=O) groups excluding carboxylic acids is 1. The number of hydrogen-bond donors (Lipinski definition) is 1. The van der Waals surface area contributed by atoms with Gasteiger partial charge in [-0.2, -0.15) is 0 Å². The number of aliphatic carboxylic acids is 1. The SMILES string of the molecule is C=CC[C@]1(C(=O)O)CCCN(C(=O)c2cc(F)ccc2OC)C1. The molecule has 124 valence electrons. The lowest BCUT2D eigenvalue weighted by molar-refractivity contribution is -0.151. The molecule has 1 atom stereocenters. The van der Waals surface area contributed by atoms with Crippen LogP contribution in [0.1, 0.15) is 29.6 Å². The van der Waals surface area contributed by atoms with Gasteiger partial charge in [0, 0.05) is 13.1 Å². The Kier molecular flexibility index (Phi) is 5.03. The third-order valence-corrected chi connectivity index (χ3v) is 4.24. The maximum absolute atomic E-state index is 13.5. The number of rotatable bonds is 5. The fourth-order valence-electron chi connectivity index (χ4n) is 3.03. The average Bonchev–Trinajstić information content (AvgIpc) is 2.54. The summed E-state index contributed by atoms with van der Waals surface area (Å²) in [5.41, 5.74) is -0.928. The van der Waals surface area contributed by atoms with Crippen LogP contribution in [-0.2, 0) is 4.79 Å². The second-order valence-electron chi connectivity index (χ2n) is 5.75. The number of methoxy groups -OCH3 is 1. The third kappa shape index (κ3) is 3.36. The van der Waals surface area contributed by atoms with Crippen LogP contribution in [0.4, 0.5) is 4.39 Å². The van der Waals surface area contributed by atoms with Crippen LogP contribution in [0.2, 0.25) is 0 Å². The first-order valence-electron chi connectivity index (χ1n) is 7.40. The van der Waals surface area contributed by atoms with Gasteiger partial charge in [-0.05, 0) is 37.5 Å². The lowest BCUT2D eigenvalue weighted by atomic mass is 9.77. The molecule has 1 saturated heterocycles. The van der Waals surface area contributed by atoms with Crippen LogP contribution in [0.3, 0.4) is 0 Å². The molecule has 1 aliphatic heterocycles. The highest BCUT2D eigenvalue weighted by atomic mass is 19.1. The molecular weight excluding hydrogens is 301 g/mol. The van der Waals surface area contributed by atoms with E-state index in [2.05, 4.69) is 6.58 Å². The molecule has 0 aromatic heterocycles. The van der Waals surface area contributed by atoms with Gasteiger partial charge in [-0.25, -0.2) is 4.39 Å². The van der Waals surface area contributed by atoms with Gasteiger partial charge < -0.3 is 14.7 Å². The Hall–Kier alpha value is -2.37. The zero-order valence-corrected chi connectivity index (χ0v) is 13.0. The molecule has 6 heteroatoms. The van der Waals surface area contributed by atoms with Gasteiger partial charge in [-0.15, -0.1) is 6.58 Å². The van der Waals surface area contributed by atoms with Crippen molar-refractivity contribution in [2.24, 2.45) is 5.41 Å². The van der Waals surface area contributed by atoms with E-state index < -0.39 is 23.1 Å². The first kappa shape index (κ1) is 17.0. The molecule has 1 amide bonds. The van der Waals surface area contributed by atoms with E-state index in [1.807, 2.05) is 0 Å². The van der Waals surface area contributed by atoms with E-state index in [0.717, 1.165) is 6.07 Å². The first-order valence-corrected chi connectivity index (χ1v) is 7.40. The summed E-state index contributed by atoms with van der Waals surface area (Å²) in [6, 6.07) is 3.72. The van der Waals surface area contributed by atoms with Crippen molar-refractivity contribution in [1.29, 1.82) is 0 Å². The summed E-state index contributed by atoms with van der Waals surface area (Å²) in [5.74, 6) is -1.63. The third-order valence-electron chi connectivity index (χ3n) is 4.24. The second kappa shape index (κ2) is 6.81. The summed E-state index contributed by atoms with van der Waals surface area (Å²) >= 11 is 0. The zero-order chi connectivity index (χ0) is 17.0. The van der Waals surface area contributed by atoms with Crippen molar-refractivity contribution in [3.63, 3.8) is 0 Å². The van der Waals surface area contributed by atoms with Gasteiger partial charge in [0.05, 0.1) is 18.1 Å². The van der Waals surface area contributed by atoms with Gasteiger partial charge in [0.1, 0.15) is 11.6 Å². The molecule has 1 aromatic carbocycles. The highest BCUT2D eigenvalue weighted by molar-refractivity contribution is 5.97. The van der Waals surface area contributed by atoms with E-state index in [0.29, 0.717) is 19.4 Å². The molecule has 5 nitrogen and oxygen atoms in total. The van der Waals surface area contributed by atoms with Gasteiger partial charge in [0.2, 0.25) is 0 Å². The molecule has 0 radical (unpaired) electrons. The summed E-state index contributed by atoms with van der Waals surface area (Å²) in [6.45, 7) is 4.12. The van der Waals surface area contributed by atoms with Crippen LogP contribution in [0.15, 0.2) is 30.9 Å². The molecule has 1 fully saturated rings. The Bertz CT molecular complexity index is 631. The minimum absolute atomic E-state index is 0.0762. The molecule has 0 saturated carbocycles. The van der Waals surface area contributed by atoms with Crippen molar-refractivity contribution in [3.8, 4) is 5.75 Å². The molecular formula is C17H20FNO4. The van der Waals surface area contributed by atoms with Gasteiger partial charge in [-0.1, -0.05) is 6.08 Å². The molecule has 1 aromatic rings. The maximum atomic E-state index is 13.5. The Balaban J connectivity index is 2.31. The second-order valence-corrected chi connectivity index (χ2v) is 5.75. The summed E-state index contributed by atoms with van der Waals surface area (Å²) in [5, 5.41) is 9.56. The van der Waals surface area contributed by atoms with Gasteiger partial charge in [-0.3, -0.25) is 9.59 Å². The number of amides is 1. The van der Waals surface area contributed by atoms with E-state index in [1.165, 1.54) is 24.1 Å². The van der Waals surface area contributed by atoms with Crippen LogP contribution >= 0.6 is 0 Å². The van der Waals surface area contributed by atoms with Crippen LogP contribution in [0.5, 0.6) is 5.75 Å². The minimum atomic E-state index is -1.03. The van der Waals surface area contributed by atoms with Crippen molar-refractivity contribution in [3.05, 3.63) is 42.2 Å². The van der Waals surface area contributed by atoms with Crippen LogP contribution in [0.25, 0.3) is 0 Å². The standard InChI is InChI=1S/C17H20FNO4/c1-3-7-17(16(21)22)8-4-9-19(11-17)15(20)13-10-12(18)5-6-14(13)23-2/h3,5-6,10H,1,4,7-9,11H2,2H3,(H,21,22)/t17-/m0/s1. The fourth-order valence-corrected chi connectivity index (χ4v) is 3.03. The smallest absolute Gasteiger partial charge is 0.311 e. The lowest BCUT2D eigenvalue weighted by Crippen LogP contribution is -2.49. The number of carboxylic acids is 1. The fraction of sp³-hybridized carbons (Fsp3) is 0.412. The Morgan fingerprint density at radius 3 is 2.87 bits per heavy atom. The molecule has 1 aliphatic rings. The maximum Gasteiger partial charge on any atom is 0.311 e. The van der Waals surface area contributed by atoms with Crippen molar-refractivity contribution in [2.75, 3.05) is 20.2 Å². The highest BCUT2D eigenvalue weighted by Gasteiger charge is 2.43. The summed E-state index contributed by atoms with van der Waals surface area (Å²) in [6.07, 6.45) is 2.90. The van der Waals surface area contributed by atoms with E-state index >= 15 is 0 Å². The molecule has 2 rings (SSSR count). The minimum Gasteiger partial charge on any atom is -0.496 e. The Labute approximate surface area is 134 Å². The summed E-state index contributed by atoms with van der Waals surface area (Å²) in [4.78, 5) is 25.8. The molecule has 1 heterocycles. The number of nitrogens with zero attached hydrogens (tertiary/aromatic N) is 1. The number of hydrogen-bond acceptors (Lipinski definition) is 3. The van der Waals surface area contributed by atoms with Crippen molar-refractivity contribution in [1.82, 2.24) is 4.90 Å². The van der Waals surface area contributed by atoms with E-state index in [9.17, 15) is 19.1 Å².